The van der Waals surface area contributed by atoms with Crippen LogP contribution in [0.1, 0.15) is 43.5 Å². The van der Waals surface area contributed by atoms with Gasteiger partial charge in [-0.3, -0.25) is 4.79 Å². The summed E-state index contributed by atoms with van der Waals surface area (Å²) in [5.41, 5.74) is 0.685. The number of ketones is 1. The molecule has 0 bridgehead atoms. The summed E-state index contributed by atoms with van der Waals surface area (Å²) in [6, 6.07) is 3.64. The molecule has 1 heterocycles. The smallest absolute Gasteiger partial charge is 0.166 e. The van der Waals surface area contributed by atoms with E-state index in [0.717, 1.165) is 23.7 Å². The molecule has 1 atom stereocenters. The molecule has 1 aliphatic rings. The zero-order chi connectivity index (χ0) is 13.8. The van der Waals surface area contributed by atoms with Crippen molar-refractivity contribution in [3.05, 3.63) is 22.2 Å². The van der Waals surface area contributed by atoms with Gasteiger partial charge >= 0.3 is 0 Å². The average molecular weight is 327 g/mol. The van der Waals surface area contributed by atoms with Crippen molar-refractivity contribution in [3.8, 4) is 11.5 Å². The third-order valence-corrected chi connectivity index (χ3v) is 3.93. The van der Waals surface area contributed by atoms with Gasteiger partial charge in [0, 0.05) is 22.4 Å². The number of carbonyl (C=O) groups excluding carboxylic acids is 1. The number of carbonyl (C=O) groups is 1. The highest BCUT2D eigenvalue weighted by Crippen LogP contribution is 2.36. The minimum atomic E-state index is 0.0334. The first-order chi connectivity index (χ1) is 9.13. The van der Waals surface area contributed by atoms with Crippen molar-refractivity contribution in [1.82, 2.24) is 0 Å². The molecule has 2 rings (SSSR count). The third kappa shape index (κ3) is 3.30. The summed E-state index contributed by atoms with van der Waals surface area (Å²) < 4.78 is 12.0. The van der Waals surface area contributed by atoms with Gasteiger partial charge in [-0.15, -0.1) is 0 Å². The van der Waals surface area contributed by atoms with E-state index in [0.29, 0.717) is 30.3 Å². The van der Waals surface area contributed by atoms with E-state index in [1.165, 1.54) is 0 Å². The van der Waals surface area contributed by atoms with E-state index in [-0.39, 0.29) is 11.7 Å². The highest BCUT2D eigenvalue weighted by molar-refractivity contribution is 9.10. The molecule has 19 heavy (non-hydrogen) atoms. The van der Waals surface area contributed by atoms with Crippen LogP contribution >= 0.6 is 15.9 Å². The first kappa shape index (κ1) is 14.4. The van der Waals surface area contributed by atoms with Gasteiger partial charge in [-0.1, -0.05) is 20.3 Å². The Labute approximate surface area is 122 Å². The van der Waals surface area contributed by atoms with E-state index in [9.17, 15) is 4.79 Å². The predicted molar refractivity (Wildman–Crippen MR) is 78.2 cm³/mol. The number of halogens is 1. The number of Topliss-reactive ketones (excluding diaryl/α,β-unsaturated/α-hetero) is 1. The molecule has 1 unspecified atom stereocenters. The molecule has 1 aromatic rings. The standard InChI is InChI=1S/C15H19BrO3/c1-3-5-10(2)15(17)11-8-13-14(9-12(11)16)19-7-4-6-18-13/h8-10H,3-7H2,1-2H3. The van der Waals surface area contributed by atoms with Gasteiger partial charge in [0.1, 0.15) is 0 Å². The van der Waals surface area contributed by atoms with Crippen molar-refractivity contribution in [1.29, 1.82) is 0 Å². The second-order valence-corrected chi connectivity index (χ2v) is 5.74. The maximum Gasteiger partial charge on any atom is 0.166 e. The molecular formula is C15H19BrO3. The Morgan fingerprint density at radius 1 is 1.32 bits per heavy atom. The van der Waals surface area contributed by atoms with Crippen LogP contribution in [-0.4, -0.2) is 19.0 Å². The maximum absolute atomic E-state index is 12.4. The molecule has 0 amide bonds. The van der Waals surface area contributed by atoms with Crippen molar-refractivity contribution < 1.29 is 14.3 Å². The lowest BCUT2D eigenvalue weighted by atomic mass is 9.95. The van der Waals surface area contributed by atoms with E-state index >= 15 is 0 Å². The lowest BCUT2D eigenvalue weighted by molar-refractivity contribution is 0.0922. The highest BCUT2D eigenvalue weighted by atomic mass is 79.9. The SMILES string of the molecule is CCCC(C)C(=O)c1cc2c(cc1Br)OCCCO2. The Hall–Kier alpha value is -1.03. The van der Waals surface area contributed by atoms with Gasteiger partial charge in [-0.05, 0) is 34.5 Å². The molecule has 1 aliphatic heterocycles. The van der Waals surface area contributed by atoms with E-state index < -0.39 is 0 Å². The van der Waals surface area contributed by atoms with Crippen molar-refractivity contribution >= 4 is 21.7 Å². The number of hydrogen-bond donors (Lipinski definition) is 0. The van der Waals surface area contributed by atoms with Crippen LogP contribution in [0.15, 0.2) is 16.6 Å². The van der Waals surface area contributed by atoms with Crippen molar-refractivity contribution in [3.63, 3.8) is 0 Å². The number of fused-ring (bicyclic) bond motifs is 1. The largest absolute Gasteiger partial charge is 0.490 e. The van der Waals surface area contributed by atoms with E-state index in [2.05, 4.69) is 22.9 Å². The monoisotopic (exact) mass is 326 g/mol. The molecule has 104 valence electrons. The molecule has 0 saturated heterocycles. The molecule has 0 aliphatic carbocycles. The summed E-state index contributed by atoms with van der Waals surface area (Å²) in [7, 11) is 0. The van der Waals surface area contributed by atoms with Gasteiger partial charge in [-0.2, -0.15) is 0 Å². The Kier molecular flexibility index (Phi) is 4.86. The molecule has 0 saturated carbocycles. The molecule has 4 heteroatoms. The van der Waals surface area contributed by atoms with Crippen LogP contribution in [0, 0.1) is 5.92 Å². The Balaban J connectivity index is 2.31. The Bertz CT molecular complexity index is 471. The quantitative estimate of drug-likeness (QED) is 0.777. The van der Waals surface area contributed by atoms with Gasteiger partial charge in [0.25, 0.3) is 0 Å². The summed E-state index contributed by atoms with van der Waals surface area (Å²) in [5.74, 6) is 1.58. The average Bonchev–Trinajstić information content (AvgIpc) is 2.62. The fraction of sp³-hybridized carbons (Fsp3) is 0.533. The van der Waals surface area contributed by atoms with Crippen LogP contribution in [-0.2, 0) is 0 Å². The second-order valence-electron chi connectivity index (χ2n) is 4.88. The number of benzene rings is 1. The fourth-order valence-corrected chi connectivity index (χ4v) is 2.72. The molecule has 0 radical (unpaired) electrons. The number of ether oxygens (including phenoxy) is 2. The van der Waals surface area contributed by atoms with Crippen molar-refractivity contribution in [2.24, 2.45) is 5.92 Å². The summed E-state index contributed by atoms with van der Waals surface area (Å²) in [5, 5.41) is 0. The van der Waals surface area contributed by atoms with Crippen LogP contribution in [0.2, 0.25) is 0 Å². The van der Waals surface area contributed by atoms with Gasteiger partial charge in [0.05, 0.1) is 13.2 Å². The van der Waals surface area contributed by atoms with Gasteiger partial charge in [-0.25, -0.2) is 0 Å². The molecule has 0 spiro atoms. The van der Waals surface area contributed by atoms with Gasteiger partial charge in [0.15, 0.2) is 17.3 Å². The molecule has 0 N–H and O–H groups in total. The topological polar surface area (TPSA) is 35.5 Å². The zero-order valence-electron chi connectivity index (χ0n) is 11.4. The fourth-order valence-electron chi connectivity index (χ4n) is 2.20. The normalized spacial score (nSPS) is 15.7. The molecule has 1 aromatic carbocycles. The highest BCUT2D eigenvalue weighted by Gasteiger charge is 2.21. The molecular weight excluding hydrogens is 308 g/mol. The summed E-state index contributed by atoms with van der Waals surface area (Å²) >= 11 is 3.46. The van der Waals surface area contributed by atoms with E-state index in [4.69, 9.17) is 9.47 Å². The zero-order valence-corrected chi connectivity index (χ0v) is 13.0. The second kappa shape index (κ2) is 6.42. The lowest BCUT2D eigenvalue weighted by Crippen LogP contribution is -2.12. The summed E-state index contributed by atoms with van der Waals surface area (Å²) in [6.07, 6.45) is 2.77. The lowest BCUT2D eigenvalue weighted by Gasteiger charge is -2.14. The van der Waals surface area contributed by atoms with Crippen LogP contribution in [0.25, 0.3) is 0 Å². The van der Waals surface area contributed by atoms with Crippen LogP contribution in [0.3, 0.4) is 0 Å². The summed E-state index contributed by atoms with van der Waals surface area (Å²) in [4.78, 5) is 12.4. The Morgan fingerprint density at radius 3 is 2.58 bits per heavy atom. The third-order valence-electron chi connectivity index (χ3n) is 3.27. The number of hydrogen-bond acceptors (Lipinski definition) is 3. The molecule has 3 nitrogen and oxygen atoms in total. The van der Waals surface area contributed by atoms with Crippen LogP contribution in [0.4, 0.5) is 0 Å². The minimum absolute atomic E-state index is 0.0334. The first-order valence-corrected chi connectivity index (χ1v) is 7.56. The number of rotatable bonds is 4. The van der Waals surface area contributed by atoms with Crippen molar-refractivity contribution in [2.45, 2.75) is 33.1 Å². The maximum atomic E-state index is 12.4. The van der Waals surface area contributed by atoms with Crippen LogP contribution < -0.4 is 9.47 Å². The predicted octanol–water partition coefficient (Wildman–Crippen LogP) is 4.23. The van der Waals surface area contributed by atoms with Gasteiger partial charge < -0.3 is 9.47 Å². The van der Waals surface area contributed by atoms with E-state index in [1.807, 2.05) is 13.0 Å². The van der Waals surface area contributed by atoms with Crippen LogP contribution in [0.5, 0.6) is 11.5 Å². The Morgan fingerprint density at radius 2 is 1.95 bits per heavy atom. The van der Waals surface area contributed by atoms with Crippen molar-refractivity contribution in [2.75, 3.05) is 13.2 Å². The van der Waals surface area contributed by atoms with E-state index in [1.54, 1.807) is 6.07 Å². The minimum Gasteiger partial charge on any atom is -0.490 e. The molecule has 0 aromatic heterocycles. The summed E-state index contributed by atoms with van der Waals surface area (Å²) in [6.45, 7) is 5.35. The first-order valence-electron chi connectivity index (χ1n) is 6.76. The molecule has 0 fully saturated rings. The van der Waals surface area contributed by atoms with Gasteiger partial charge in [0.2, 0.25) is 0 Å².